The topological polar surface area (TPSA) is 87.6 Å². The SMILES string of the molecule is CN(CC(=O)O)S(=O)(=O)c1cccnc1C(F)(F)F. The summed E-state index contributed by atoms with van der Waals surface area (Å²) in [5, 5.41) is 8.48. The van der Waals surface area contributed by atoms with E-state index in [4.69, 9.17) is 5.11 Å². The summed E-state index contributed by atoms with van der Waals surface area (Å²) in [5.41, 5.74) is -1.58. The second kappa shape index (κ2) is 5.13. The molecule has 0 unspecified atom stereocenters. The fourth-order valence-corrected chi connectivity index (χ4v) is 2.53. The Bertz CT molecular complexity index is 585. The Morgan fingerprint density at radius 2 is 2.05 bits per heavy atom. The van der Waals surface area contributed by atoms with E-state index in [1.54, 1.807) is 0 Å². The average Bonchev–Trinajstić information content (AvgIpc) is 2.27. The molecule has 106 valence electrons. The van der Waals surface area contributed by atoms with E-state index in [-0.39, 0.29) is 0 Å². The molecule has 10 heteroatoms. The van der Waals surface area contributed by atoms with Crippen LogP contribution in [0.3, 0.4) is 0 Å². The number of pyridine rings is 1. The number of alkyl halides is 3. The van der Waals surface area contributed by atoms with Crippen LogP contribution in [0.2, 0.25) is 0 Å². The first-order chi connectivity index (χ1) is 8.56. The van der Waals surface area contributed by atoms with Crippen LogP contribution in [0, 0.1) is 0 Å². The molecule has 0 spiro atoms. The molecule has 0 saturated heterocycles. The molecule has 0 aliphatic rings. The van der Waals surface area contributed by atoms with Gasteiger partial charge in [-0.25, -0.2) is 8.42 Å². The highest BCUT2D eigenvalue weighted by molar-refractivity contribution is 7.89. The maximum Gasteiger partial charge on any atom is 0.434 e. The summed E-state index contributed by atoms with van der Waals surface area (Å²) in [6.45, 7) is -0.950. The quantitative estimate of drug-likeness (QED) is 0.888. The summed E-state index contributed by atoms with van der Waals surface area (Å²) < 4.78 is 62.0. The van der Waals surface area contributed by atoms with E-state index in [2.05, 4.69) is 4.98 Å². The number of carboxylic acids is 1. The molecule has 0 aromatic carbocycles. The second-order valence-corrected chi connectivity index (χ2v) is 5.52. The van der Waals surface area contributed by atoms with Crippen molar-refractivity contribution in [2.75, 3.05) is 13.6 Å². The number of rotatable bonds is 4. The summed E-state index contributed by atoms with van der Waals surface area (Å²) in [5.74, 6) is -1.48. The summed E-state index contributed by atoms with van der Waals surface area (Å²) >= 11 is 0. The van der Waals surface area contributed by atoms with Gasteiger partial charge in [0.1, 0.15) is 11.4 Å². The first-order valence-electron chi connectivity index (χ1n) is 4.77. The highest BCUT2D eigenvalue weighted by atomic mass is 32.2. The van der Waals surface area contributed by atoms with Gasteiger partial charge in [-0.05, 0) is 12.1 Å². The highest BCUT2D eigenvalue weighted by Gasteiger charge is 2.40. The number of nitrogens with zero attached hydrogens (tertiary/aromatic N) is 2. The lowest BCUT2D eigenvalue weighted by atomic mass is 10.3. The Morgan fingerprint density at radius 1 is 1.47 bits per heavy atom. The highest BCUT2D eigenvalue weighted by Crippen LogP contribution is 2.33. The van der Waals surface area contributed by atoms with Gasteiger partial charge in [0.2, 0.25) is 10.0 Å². The first-order valence-corrected chi connectivity index (χ1v) is 6.21. The zero-order chi connectivity index (χ0) is 14.8. The molecule has 1 aromatic rings. The van der Waals surface area contributed by atoms with Gasteiger partial charge in [0, 0.05) is 13.2 Å². The molecular formula is C9H9F3N2O4S. The van der Waals surface area contributed by atoms with Gasteiger partial charge in [-0.15, -0.1) is 0 Å². The minimum Gasteiger partial charge on any atom is -0.480 e. The predicted molar refractivity (Wildman–Crippen MR) is 56.7 cm³/mol. The third-order valence-corrected chi connectivity index (χ3v) is 3.92. The molecule has 0 atom stereocenters. The standard InChI is InChI=1S/C9H9F3N2O4S/c1-14(5-7(15)16)19(17,18)6-3-2-4-13-8(6)9(10,11)12/h2-4H,5H2,1H3,(H,15,16). The fourth-order valence-electron chi connectivity index (χ4n) is 1.25. The van der Waals surface area contributed by atoms with E-state index in [9.17, 15) is 26.4 Å². The van der Waals surface area contributed by atoms with E-state index in [0.29, 0.717) is 4.31 Å². The number of halogens is 3. The largest absolute Gasteiger partial charge is 0.480 e. The van der Waals surface area contributed by atoms with E-state index in [1.165, 1.54) is 0 Å². The van der Waals surface area contributed by atoms with E-state index in [1.807, 2.05) is 0 Å². The molecule has 1 rings (SSSR count). The number of carboxylic acid groups (broad SMARTS) is 1. The average molecular weight is 298 g/mol. The third-order valence-electron chi connectivity index (χ3n) is 2.09. The third kappa shape index (κ3) is 3.41. The molecule has 6 nitrogen and oxygen atoms in total. The molecular weight excluding hydrogens is 289 g/mol. The Labute approximate surface area is 106 Å². The fraction of sp³-hybridized carbons (Fsp3) is 0.333. The van der Waals surface area contributed by atoms with Gasteiger partial charge in [0.25, 0.3) is 0 Å². The maximum atomic E-state index is 12.6. The zero-order valence-corrected chi connectivity index (χ0v) is 10.4. The predicted octanol–water partition coefficient (Wildman–Crippen LogP) is 0.806. The maximum absolute atomic E-state index is 12.6. The van der Waals surface area contributed by atoms with Crippen LogP contribution in [0.5, 0.6) is 0 Å². The molecule has 1 N–H and O–H groups in total. The van der Waals surface area contributed by atoms with Crippen LogP contribution < -0.4 is 0 Å². The molecule has 0 aliphatic heterocycles. The lowest BCUT2D eigenvalue weighted by Gasteiger charge is -2.17. The molecule has 0 amide bonds. The second-order valence-electron chi connectivity index (χ2n) is 3.50. The van der Waals surface area contributed by atoms with Crippen molar-refractivity contribution in [2.45, 2.75) is 11.1 Å². The van der Waals surface area contributed by atoms with Gasteiger partial charge in [-0.3, -0.25) is 9.78 Å². The smallest absolute Gasteiger partial charge is 0.434 e. The van der Waals surface area contributed by atoms with Crippen molar-refractivity contribution in [1.82, 2.24) is 9.29 Å². The summed E-state index contributed by atoms with van der Waals surface area (Å²) in [6.07, 6.45) is -4.15. The van der Waals surface area contributed by atoms with Gasteiger partial charge in [0.05, 0.1) is 0 Å². The molecule has 1 heterocycles. The van der Waals surface area contributed by atoms with E-state index >= 15 is 0 Å². The normalized spacial score (nSPS) is 12.7. The van der Waals surface area contributed by atoms with Crippen LogP contribution in [0.25, 0.3) is 0 Å². The van der Waals surface area contributed by atoms with Crippen molar-refractivity contribution >= 4 is 16.0 Å². The van der Waals surface area contributed by atoms with Crippen LogP contribution in [0.1, 0.15) is 5.69 Å². The minimum atomic E-state index is -4.95. The number of likely N-dealkylation sites (N-methyl/N-ethyl adjacent to an activating group) is 1. The number of hydrogen-bond acceptors (Lipinski definition) is 4. The monoisotopic (exact) mass is 298 g/mol. The summed E-state index contributed by atoms with van der Waals surface area (Å²) in [7, 11) is -3.71. The van der Waals surface area contributed by atoms with Gasteiger partial charge >= 0.3 is 12.1 Å². The van der Waals surface area contributed by atoms with Gasteiger partial charge in [0.15, 0.2) is 5.69 Å². The Hall–Kier alpha value is -1.68. The molecule has 0 fully saturated rings. The van der Waals surface area contributed by atoms with Crippen LogP contribution >= 0.6 is 0 Å². The molecule has 0 saturated carbocycles. The number of aromatic nitrogens is 1. The van der Waals surface area contributed by atoms with Gasteiger partial charge in [-0.1, -0.05) is 0 Å². The van der Waals surface area contributed by atoms with E-state index in [0.717, 1.165) is 25.4 Å². The van der Waals surface area contributed by atoms with Gasteiger partial charge < -0.3 is 5.11 Å². The van der Waals surface area contributed by atoms with Crippen molar-refractivity contribution in [1.29, 1.82) is 0 Å². The van der Waals surface area contributed by atoms with Crippen LogP contribution in [-0.4, -0.2) is 42.4 Å². The van der Waals surface area contributed by atoms with Crippen LogP contribution in [0.4, 0.5) is 13.2 Å². The van der Waals surface area contributed by atoms with E-state index < -0.39 is 39.3 Å². The van der Waals surface area contributed by atoms with Crippen molar-refractivity contribution in [3.8, 4) is 0 Å². The first kappa shape index (κ1) is 15.4. The minimum absolute atomic E-state index is 0.307. The van der Waals surface area contributed by atoms with Crippen molar-refractivity contribution in [3.05, 3.63) is 24.0 Å². The van der Waals surface area contributed by atoms with Crippen molar-refractivity contribution in [2.24, 2.45) is 0 Å². The Balaban J connectivity index is 3.34. The molecule has 0 radical (unpaired) electrons. The Morgan fingerprint density at radius 3 is 2.53 bits per heavy atom. The molecule has 19 heavy (non-hydrogen) atoms. The molecule has 0 bridgehead atoms. The number of sulfonamides is 1. The van der Waals surface area contributed by atoms with Crippen LogP contribution in [0.15, 0.2) is 23.2 Å². The Kier molecular flexibility index (Phi) is 4.15. The molecule has 0 aliphatic carbocycles. The van der Waals surface area contributed by atoms with Gasteiger partial charge in [-0.2, -0.15) is 17.5 Å². The number of hydrogen-bond donors (Lipinski definition) is 1. The number of aliphatic carboxylic acids is 1. The summed E-state index contributed by atoms with van der Waals surface area (Å²) in [4.78, 5) is 12.3. The lowest BCUT2D eigenvalue weighted by molar-refractivity contribution is -0.143. The van der Waals surface area contributed by atoms with Crippen LogP contribution in [-0.2, 0) is 21.0 Å². The number of carbonyl (C=O) groups is 1. The van der Waals surface area contributed by atoms with Crippen molar-refractivity contribution < 1.29 is 31.5 Å². The molecule has 1 aromatic heterocycles. The zero-order valence-electron chi connectivity index (χ0n) is 9.55. The van der Waals surface area contributed by atoms with Crippen molar-refractivity contribution in [3.63, 3.8) is 0 Å². The summed E-state index contributed by atoms with van der Waals surface area (Å²) in [6, 6.07) is 1.75. The lowest BCUT2D eigenvalue weighted by Crippen LogP contribution is -2.33.